The zero-order valence-corrected chi connectivity index (χ0v) is 16.4. The highest BCUT2D eigenvalue weighted by Crippen LogP contribution is 2.26. The highest BCUT2D eigenvalue weighted by molar-refractivity contribution is 5.93. The van der Waals surface area contributed by atoms with Gasteiger partial charge in [-0.15, -0.1) is 0 Å². The van der Waals surface area contributed by atoms with Gasteiger partial charge in [0.25, 0.3) is 6.23 Å². The van der Waals surface area contributed by atoms with Crippen molar-refractivity contribution in [3.8, 4) is 0 Å². The van der Waals surface area contributed by atoms with Crippen molar-refractivity contribution in [3.63, 3.8) is 0 Å². The van der Waals surface area contributed by atoms with Crippen LogP contribution in [0.3, 0.4) is 0 Å². The van der Waals surface area contributed by atoms with Crippen LogP contribution in [0, 0.1) is 0 Å². The van der Waals surface area contributed by atoms with Crippen LogP contribution < -0.4 is 9.80 Å². The fourth-order valence-corrected chi connectivity index (χ4v) is 4.85. The summed E-state index contributed by atoms with van der Waals surface area (Å²) in [6.45, 7) is 4.05. The Morgan fingerprint density at radius 1 is 0.724 bits per heavy atom. The van der Waals surface area contributed by atoms with Gasteiger partial charge in [-0.3, -0.25) is 4.90 Å². The SMILES string of the molecule is O=C1O[C@H]([NH+]2CC[NH+](C(c3ccccc3)c3ccccc3)CC2)c2ccccc21. The summed E-state index contributed by atoms with van der Waals surface area (Å²) in [4.78, 5) is 15.1. The van der Waals surface area contributed by atoms with Crippen molar-refractivity contribution >= 4 is 5.97 Å². The highest BCUT2D eigenvalue weighted by Gasteiger charge is 2.41. The average Bonchev–Trinajstić information content (AvgIpc) is 3.13. The third-order valence-corrected chi connectivity index (χ3v) is 6.27. The van der Waals surface area contributed by atoms with E-state index in [9.17, 15) is 4.79 Å². The van der Waals surface area contributed by atoms with Crippen LogP contribution in [0.5, 0.6) is 0 Å². The van der Waals surface area contributed by atoms with Gasteiger partial charge >= 0.3 is 5.97 Å². The fourth-order valence-electron chi connectivity index (χ4n) is 4.85. The molecule has 1 atom stereocenters. The summed E-state index contributed by atoms with van der Waals surface area (Å²) in [6, 6.07) is 29.7. The number of nitrogens with one attached hydrogen (secondary N) is 2. The molecule has 5 rings (SSSR count). The van der Waals surface area contributed by atoms with Gasteiger partial charge in [0.15, 0.2) is 0 Å². The van der Waals surface area contributed by atoms with Gasteiger partial charge in [-0.25, -0.2) is 4.79 Å². The smallest absolute Gasteiger partial charge is 0.343 e. The first-order chi connectivity index (χ1) is 14.3. The quantitative estimate of drug-likeness (QED) is 0.666. The second-order valence-electron chi connectivity index (χ2n) is 7.94. The van der Waals surface area contributed by atoms with Gasteiger partial charge < -0.3 is 9.64 Å². The summed E-state index contributed by atoms with van der Waals surface area (Å²) in [7, 11) is 0. The molecule has 2 N–H and O–H groups in total. The first-order valence-corrected chi connectivity index (χ1v) is 10.4. The zero-order chi connectivity index (χ0) is 19.6. The number of hydrogen-bond acceptors (Lipinski definition) is 2. The lowest BCUT2D eigenvalue weighted by molar-refractivity contribution is -1.05. The van der Waals surface area contributed by atoms with E-state index in [1.165, 1.54) is 16.0 Å². The van der Waals surface area contributed by atoms with Crippen LogP contribution in [-0.4, -0.2) is 32.1 Å². The fraction of sp³-hybridized carbons (Fsp3) is 0.240. The van der Waals surface area contributed by atoms with Crippen molar-refractivity contribution in [1.82, 2.24) is 0 Å². The minimum Gasteiger partial charge on any atom is -0.404 e. The van der Waals surface area contributed by atoms with Gasteiger partial charge in [-0.1, -0.05) is 72.8 Å². The molecule has 0 spiro atoms. The molecule has 4 heteroatoms. The number of benzene rings is 3. The van der Waals surface area contributed by atoms with E-state index in [0.717, 1.165) is 37.3 Å². The molecule has 2 aliphatic rings. The number of hydrogen-bond donors (Lipinski definition) is 2. The molecule has 146 valence electrons. The molecule has 3 aromatic carbocycles. The van der Waals surface area contributed by atoms with Crippen molar-refractivity contribution in [3.05, 3.63) is 107 Å². The standard InChI is InChI=1S/C25H24N2O2/c28-25-22-14-8-7-13-21(22)24(29-25)27-17-15-26(16-18-27)23(19-9-3-1-4-10-19)20-11-5-2-6-12-20/h1-14,23-24H,15-18H2/p+2/t24-/m0/s1. The van der Waals surface area contributed by atoms with E-state index < -0.39 is 0 Å². The summed E-state index contributed by atoms with van der Waals surface area (Å²) >= 11 is 0. The lowest BCUT2D eigenvalue weighted by Crippen LogP contribution is -3.28. The lowest BCUT2D eigenvalue weighted by Gasteiger charge is -2.36. The van der Waals surface area contributed by atoms with E-state index >= 15 is 0 Å². The summed E-state index contributed by atoms with van der Waals surface area (Å²) in [6.07, 6.45) is -0.160. The molecule has 1 saturated heterocycles. The Labute approximate surface area is 171 Å². The number of cyclic esters (lactones) is 1. The maximum atomic E-state index is 12.2. The van der Waals surface area contributed by atoms with Crippen molar-refractivity contribution in [2.45, 2.75) is 12.3 Å². The van der Waals surface area contributed by atoms with E-state index in [2.05, 4.69) is 60.7 Å². The minimum absolute atomic E-state index is 0.160. The first-order valence-electron chi connectivity index (χ1n) is 10.4. The second-order valence-corrected chi connectivity index (χ2v) is 7.94. The molecular formula is C25H26N2O2+2. The molecule has 0 aliphatic carbocycles. The molecule has 4 nitrogen and oxygen atoms in total. The largest absolute Gasteiger partial charge is 0.404 e. The molecule has 2 heterocycles. The number of ether oxygens (including phenoxy) is 1. The molecule has 29 heavy (non-hydrogen) atoms. The Morgan fingerprint density at radius 3 is 1.90 bits per heavy atom. The predicted octanol–water partition coefficient (Wildman–Crippen LogP) is 1.43. The molecule has 0 aromatic heterocycles. The maximum Gasteiger partial charge on any atom is 0.343 e. The van der Waals surface area contributed by atoms with E-state index in [-0.39, 0.29) is 12.2 Å². The monoisotopic (exact) mass is 386 g/mol. The first kappa shape index (κ1) is 18.1. The van der Waals surface area contributed by atoms with E-state index in [4.69, 9.17) is 4.74 Å². The topological polar surface area (TPSA) is 35.2 Å². The Morgan fingerprint density at radius 2 is 1.28 bits per heavy atom. The number of carbonyl (C=O) groups is 1. The van der Waals surface area contributed by atoms with Crippen molar-refractivity contribution in [2.24, 2.45) is 0 Å². The van der Waals surface area contributed by atoms with Gasteiger partial charge in [-0.05, 0) is 12.1 Å². The van der Waals surface area contributed by atoms with Gasteiger partial charge in [0.05, 0.1) is 11.1 Å². The molecule has 3 aromatic rings. The summed E-state index contributed by atoms with van der Waals surface area (Å²) in [5.41, 5.74) is 4.48. The Kier molecular flexibility index (Phi) is 4.88. The van der Waals surface area contributed by atoms with Crippen LogP contribution >= 0.6 is 0 Å². The molecule has 0 radical (unpaired) electrons. The molecule has 0 saturated carbocycles. The maximum absolute atomic E-state index is 12.2. The zero-order valence-electron chi connectivity index (χ0n) is 16.4. The van der Waals surface area contributed by atoms with E-state index in [1.54, 1.807) is 4.90 Å². The molecule has 0 amide bonds. The summed E-state index contributed by atoms with van der Waals surface area (Å²) in [5.74, 6) is -0.181. The Hall–Kier alpha value is -2.95. The molecular weight excluding hydrogens is 360 g/mol. The molecule has 1 fully saturated rings. The number of quaternary nitrogens is 2. The average molecular weight is 386 g/mol. The third-order valence-electron chi connectivity index (χ3n) is 6.27. The Balaban J connectivity index is 1.36. The Bertz CT molecular complexity index is 942. The lowest BCUT2D eigenvalue weighted by atomic mass is 9.96. The summed E-state index contributed by atoms with van der Waals surface area (Å²) in [5, 5.41) is 0. The van der Waals surface area contributed by atoms with E-state index in [1.807, 2.05) is 24.3 Å². The van der Waals surface area contributed by atoms with Gasteiger partial charge in [0.2, 0.25) is 0 Å². The summed E-state index contributed by atoms with van der Waals surface area (Å²) < 4.78 is 5.75. The second kappa shape index (κ2) is 7.82. The molecule has 0 unspecified atom stereocenters. The third kappa shape index (κ3) is 3.46. The number of esters is 1. The number of fused-ring (bicyclic) bond motifs is 1. The predicted molar refractivity (Wildman–Crippen MR) is 111 cm³/mol. The van der Waals surface area contributed by atoms with Crippen molar-refractivity contribution in [2.75, 3.05) is 26.2 Å². The molecule has 2 aliphatic heterocycles. The minimum atomic E-state index is -0.181. The number of carbonyl (C=O) groups excluding carboxylic acids is 1. The van der Waals surface area contributed by atoms with Crippen LogP contribution in [0.2, 0.25) is 0 Å². The van der Waals surface area contributed by atoms with Gasteiger partial charge in [-0.2, -0.15) is 0 Å². The van der Waals surface area contributed by atoms with E-state index in [0.29, 0.717) is 6.04 Å². The van der Waals surface area contributed by atoms with Crippen molar-refractivity contribution < 1.29 is 19.3 Å². The highest BCUT2D eigenvalue weighted by atomic mass is 16.6. The normalized spacial score (nSPS) is 23.6. The van der Waals surface area contributed by atoms with Gasteiger partial charge in [0.1, 0.15) is 32.2 Å². The molecule has 0 bridgehead atoms. The van der Waals surface area contributed by atoms with Gasteiger partial charge in [0, 0.05) is 11.1 Å². The number of rotatable bonds is 4. The van der Waals surface area contributed by atoms with Crippen molar-refractivity contribution in [1.29, 1.82) is 0 Å². The van der Waals surface area contributed by atoms with Crippen LogP contribution in [0.15, 0.2) is 84.9 Å². The van der Waals surface area contributed by atoms with Crippen LogP contribution in [0.25, 0.3) is 0 Å². The number of piperazine rings is 1. The van der Waals surface area contributed by atoms with Crippen LogP contribution in [0.1, 0.15) is 39.3 Å². The van der Waals surface area contributed by atoms with Crippen LogP contribution in [0.4, 0.5) is 0 Å². The van der Waals surface area contributed by atoms with Crippen LogP contribution in [-0.2, 0) is 4.74 Å².